The van der Waals surface area contributed by atoms with Gasteiger partial charge in [-0.3, -0.25) is 5.41 Å². The predicted octanol–water partition coefficient (Wildman–Crippen LogP) is 2.88. The van der Waals surface area contributed by atoms with Gasteiger partial charge >= 0.3 is 0 Å². The first-order valence-electron chi connectivity index (χ1n) is 4.32. The van der Waals surface area contributed by atoms with Gasteiger partial charge in [0.15, 0.2) is 5.17 Å². The van der Waals surface area contributed by atoms with Gasteiger partial charge in [-0.05, 0) is 12.2 Å². The first-order chi connectivity index (χ1) is 5.77. The maximum Gasteiger partial charge on any atom is 0.151 e. The van der Waals surface area contributed by atoms with Crippen molar-refractivity contribution in [1.82, 2.24) is 0 Å². The van der Waals surface area contributed by atoms with E-state index in [1.807, 2.05) is 11.8 Å². The van der Waals surface area contributed by atoms with E-state index >= 15 is 0 Å². The zero-order chi connectivity index (χ0) is 9.23. The Morgan fingerprint density at radius 3 is 2.67 bits per heavy atom. The van der Waals surface area contributed by atoms with Crippen LogP contribution < -0.4 is 5.73 Å². The quantitative estimate of drug-likeness (QED) is 0.291. The maximum absolute atomic E-state index is 6.97. The third-order valence-electron chi connectivity index (χ3n) is 1.44. The Hall–Kier alpha value is 0.170. The summed E-state index contributed by atoms with van der Waals surface area (Å²) in [7, 11) is 0. The molecule has 0 atom stereocenters. The first kappa shape index (κ1) is 12.2. The van der Waals surface area contributed by atoms with Crippen LogP contribution >= 0.6 is 23.5 Å². The molecule has 0 aliphatic heterocycles. The largest absolute Gasteiger partial charge is 0.379 e. The highest BCUT2D eigenvalue weighted by atomic mass is 32.2. The van der Waals surface area contributed by atoms with Crippen molar-refractivity contribution < 1.29 is 0 Å². The van der Waals surface area contributed by atoms with E-state index in [1.54, 1.807) is 0 Å². The van der Waals surface area contributed by atoms with Crippen molar-refractivity contribution >= 4 is 28.7 Å². The summed E-state index contributed by atoms with van der Waals surface area (Å²) in [5, 5.41) is 8.13. The van der Waals surface area contributed by atoms with Gasteiger partial charge in [0.05, 0.1) is 0 Å². The SMILES string of the molecule is CCCCCCSCSC(=N)N. The van der Waals surface area contributed by atoms with Crippen molar-refractivity contribution in [3.05, 3.63) is 0 Å². The molecule has 0 aromatic rings. The predicted molar refractivity (Wildman–Crippen MR) is 61.0 cm³/mol. The average Bonchev–Trinajstić information content (AvgIpc) is 2.02. The Morgan fingerprint density at radius 1 is 1.33 bits per heavy atom. The molecule has 0 saturated carbocycles. The number of nitrogens with two attached hydrogens (primary N) is 1. The number of rotatable bonds is 7. The fraction of sp³-hybridized carbons (Fsp3) is 0.875. The summed E-state index contributed by atoms with van der Waals surface area (Å²) in [4.78, 5) is 0. The van der Waals surface area contributed by atoms with Gasteiger partial charge in [-0.1, -0.05) is 37.9 Å². The summed E-state index contributed by atoms with van der Waals surface area (Å²) < 4.78 is 0. The van der Waals surface area contributed by atoms with Crippen molar-refractivity contribution in [2.24, 2.45) is 5.73 Å². The summed E-state index contributed by atoms with van der Waals surface area (Å²) in [6, 6.07) is 0. The van der Waals surface area contributed by atoms with E-state index in [4.69, 9.17) is 11.1 Å². The molecular formula is C8H18N2S2. The van der Waals surface area contributed by atoms with Crippen LogP contribution in [0.5, 0.6) is 0 Å². The van der Waals surface area contributed by atoms with Crippen LogP contribution in [0.2, 0.25) is 0 Å². The van der Waals surface area contributed by atoms with Crippen molar-refractivity contribution in [3.63, 3.8) is 0 Å². The molecule has 0 spiro atoms. The van der Waals surface area contributed by atoms with E-state index in [9.17, 15) is 0 Å². The van der Waals surface area contributed by atoms with Gasteiger partial charge in [-0.15, -0.1) is 0 Å². The molecule has 0 aliphatic carbocycles. The molecule has 72 valence electrons. The zero-order valence-electron chi connectivity index (χ0n) is 7.64. The third-order valence-corrected chi connectivity index (χ3v) is 3.47. The van der Waals surface area contributed by atoms with Crippen LogP contribution in [0.25, 0.3) is 0 Å². The second-order valence-corrected chi connectivity index (χ2v) is 5.08. The number of amidine groups is 1. The molecule has 0 unspecified atom stereocenters. The van der Waals surface area contributed by atoms with E-state index in [2.05, 4.69) is 6.92 Å². The fourth-order valence-corrected chi connectivity index (χ4v) is 2.52. The van der Waals surface area contributed by atoms with E-state index in [0.29, 0.717) is 0 Å². The topological polar surface area (TPSA) is 49.9 Å². The Morgan fingerprint density at radius 2 is 2.08 bits per heavy atom. The molecule has 0 amide bonds. The highest BCUT2D eigenvalue weighted by molar-refractivity contribution is 8.23. The van der Waals surface area contributed by atoms with E-state index in [0.717, 1.165) is 5.08 Å². The van der Waals surface area contributed by atoms with Gasteiger partial charge in [-0.25, -0.2) is 0 Å². The van der Waals surface area contributed by atoms with Crippen molar-refractivity contribution in [3.8, 4) is 0 Å². The van der Waals surface area contributed by atoms with Crippen LogP contribution in [0, 0.1) is 5.41 Å². The Bertz CT molecular complexity index is 118. The number of nitrogens with one attached hydrogen (secondary N) is 1. The molecule has 0 bridgehead atoms. The smallest absolute Gasteiger partial charge is 0.151 e. The van der Waals surface area contributed by atoms with Gasteiger partial charge in [0.2, 0.25) is 0 Å². The van der Waals surface area contributed by atoms with Gasteiger partial charge in [0, 0.05) is 5.08 Å². The van der Waals surface area contributed by atoms with Gasteiger partial charge in [-0.2, -0.15) is 11.8 Å². The number of thioether (sulfide) groups is 2. The standard InChI is InChI=1S/C8H18N2S2/c1-2-3-4-5-6-11-7-12-8(9)10/h2-7H2,1H3,(H3,9,10). The minimum absolute atomic E-state index is 0.232. The molecule has 0 aromatic carbocycles. The Kier molecular flexibility index (Phi) is 9.39. The summed E-state index contributed by atoms with van der Waals surface area (Å²) >= 11 is 3.29. The maximum atomic E-state index is 6.97. The molecular weight excluding hydrogens is 188 g/mol. The summed E-state index contributed by atoms with van der Waals surface area (Å²) in [5.74, 6) is 1.21. The highest BCUT2D eigenvalue weighted by Crippen LogP contribution is 2.13. The zero-order valence-corrected chi connectivity index (χ0v) is 9.27. The summed E-state index contributed by atoms with van der Waals surface area (Å²) in [6.07, 6.45) is 5.29. The van der Waals surface area contributed by atoms with Gasteiger partial charge < -0.3 is 5.73 Å². The molecule has 0 radical (unpaired) electrons. The van der Waals surface area contributed by atoms with Gasteiger partial charge in [0.1, 0.15) is 0 Å². The van der Waals surface area contributed by atoms with Crippen LogP contribution in [0.3, 0.4) is 0 Å². The van der Waals surface area contributed by atoms with Crippen molar-refractivity contribution in [1.29, 1.82) is 5.41 Å². The molecule has 0 rings (SSSR count). The third kappa shape index (κ3) is 10.2. The molecule has 2 nitrogen and oxygen atoms in total. The lowest BCUT2D eigenvalue weighted by Gasteiger charge is -1.99. The normalized spacial score (nSPS) is 10.1. The highest BCUT2D eigenvalue weighted by Gasteiger charge is 1.92. The van der Waals surface area contributed by atoms with Gasteiger partial charge in [0.25, 0.3) is 0 Å². The van der Waals surface area contributed by atoms with Crippen LogP contribution in [0.15, 0.2) is 0 Å². The minimum atomic E-state index is 0.232. The molecule has 4 heteroatoms. The minimum Gasteiger partial charge on any atom is -0.379 e. The molecule has 0 heterocycles. The average molecular weight is 206 g/mol. The van der Waals surface area contributed by atoms with Crippen LogP contribution in [-0.4, -0.2) is 16.0 Å². The molecule has 3 N–H and O–H groups in total. The summed E-state index contributed by atoms with van der Waals surface area (Å²) in [5.41, 5.74) is 5.19. The number of unbranched alkanes of at least 4 members (excludes halogenated alkanes) is 3. The fourth-order valence-electron chi connectivity index (χ4n) is 0.795. The van der Waals surface area contributed by atoms with Crippen LogP contribution in [-0.2, 0) is 0 Å². The van der Waals surface area contributed by atoms with E-state index < -0.39 is 0 Å². The molecule has 0 aromatic heterocycles. The second kappa shape index (κ2) is 9.26. The first-order valence-corrected chi connectivity index (χ1v) is 6.46. The lowest BCUT2D eigenvalue weighted by atomic mass is 10.2. The monoisotopic (exact) mass is 206 g/mol. The second-order valence-electron chi connectivity index (χ2n) is 2.60. The number of hydrogen-bond acceptors (Lipinski definition) is 3. The Balaban J connectivity index is 2.86. The van der Waals surface area contributed by atoms with E-state index in [-0.39, 0.29) is 5.17 Å². The molecule has 0 saturated heterocycles. The van der Waals surface area contributed by atoms with Crippen LogP contribution in [0.1, 0.15) is 32.6 Å². The lowest BCUT2D eigenvalue weighted by Crippen LogP contribution is -2.03. The number of hydrogen-bond donors (Lipinski definition) is 2. The van der Waals surface area contributed by atoms with Crippen molar-refractivity contribution in [2.45, 2.75) is 32.6 Å². The van der Waals surface area contributed by atoms with Crippen molar-refractivity contribution in [2.75, 3.05) is 10.8 Å². The molecule has 12 heavy (non-hydrogen) atoms. The lowest BCUT2D eigenvalue weighted by molar-refractivity contribution is 0.707. The van der Waals surface area contributed by atoms with Crippen LogP contribution in [0.4, 0.5) is 0 Å². The molecule has 0 fully saturated rings. The molecule has 0 aliphatic rings. The summed E-state index contributed by atoms with van der Waals surface area (Å²) in [6.45, 7) is 2.22. The van der Waals surface area contributed by atoms with E-state index in [1.165, 1.54) is 43.2 Å². The Labute approximate surface area is 83.6 Å².